The molecule has 0 radical (unpaired) electrons. The molecule has 3 aromatic carbocycles. The molecular formula is C26H12BrF12N3O2. The van der Waals surface area contributed by atoms with Crippen molar-refractivity contribution in [3.8, 4) is 6.07 Å². The van der Waals surface area contributed by atoms with Crippen molar-refractivity contribution in [2.45, 2.75) is 30.1 Å². The lowest BCUT2D eigenvalue weighted by molar-refractivity contribution is -0.389. The van der Waals surface area contributed by atoms with E-state index >= 15 is 0 Å². The first-order chi connectivity index (χ1) is 20.0. The molecule has 0 saturated carbocycles. The third kappa shape index (κ3) is 6.47. The van der Waals surface area contributed by atoms with Crippen molar-refractivity contribution in [2.24, 2.45) is 0 Å². The molecule has 0 aliphatic carbocycles. The average molecular weight is 706 g/mol. The first-order valence-corrected chi connectivity index (χ1v) is 12.2. The fraction of sp³-hybridized carbons (Fsp3) is 0.192. The Kier molecular flexibility index (Phi) is 9.08. The van der Waals surface area contributed by atoms with Gasteiger partial charge in [-0.25, -0.2) is 4.39 Å². The number of benzene rings is 3. The van der Waals surface area contributed by atoms with Crippen LogP contribution in [0.25, 0.3) is 0 Å². The summed E-state index contributed by atoms with van der Waals surface area (Å²) in [6.07, 6.45) is -20.1. The summed E-state index contributed by atoms with van der Waals surface area (Å²) in [6, 6.07) is 10.2. The van der Waals surface area contributed by atoms with E-state index in [0.717, 1.165) is 18.2 Å². The number of nitriles is 1. The van der Waals surface area contributed by atoms with Crippen molar-refractivity contribution in [3.05, 3.63) is 93.0 Å². The van der Waals surface area contributed by atoms with Gasteiger partial charge in [0.15, 0.2) is 0 Å². The van der Waals surface area contributed by atoms with Crippen LogP contribution in [0.4, 0.5) is 64.1 Å². The maximum atomic E-state index is 14.9. The Morgan fingerprint density at radius 2 is 1.25 bits per heavy atom. The molecule has 3 rings (SSSR count). The van der Waals surface area contributed by atoms with Gasteiger partial charge in [0.1, 0.15) is 0 Å². The summed E-state index contributed by atoms with van der Waals surface area (Å²) in [4.78, 5) is 25.3. The van der Waals surface area contributed by atoms with Gasteiger partial charge in [-0.1, -0.05) is 12.1 Å². The minimum Gasteiger partial charge on any atom is -0.322 e. The number of rotatable bonds is 6. The smallest absolute Gasteiger partial charge is 0.322 e. The van der Waals surface area contributed by atoms with Gasteiger partial charge in [0.2, 0.25) is 0 Å². The van der Waals surface area contributed by atoms with E-state index in [4.69, 9.17) is 5.26 Å². The van der Waals surface area contributed by atoms with Gasteiger partial charge in [0.25, 0.3) is 11.8 Å². The number of carbonyl (C=O) groups excluding carboxylic acids is 2. The van der Waals surface area contributed by atoms with Crippen LogP contribution in [-0.2, 0) is 11.8 Å². The Labute approximate surface area is 246 Å². The summed E-state index contributed by atoms with van der Waals surface area (Å²) in [5.41, 5.74) is -13.7. The number of carbonyl (C=O) groups is 2. The number of nitrogens with one attached hydrogen (secondary N) is 2. The summed E-state index contributed by atoms with van der Waals surface area (Å²) >= 11 is 2.30. The Hall–Kier alpha value is -4.27. The van der Waals surface area contributed by atoms with E-state index in [1.807, 2.05) is 0 Å². The van der Waals surface area contributed by atoms with E-state index < -0.39 is 80.9 Å². The fourth-order valence-electron chi connectivity index (χ4n) is 3.73. The molecule has 0 spiro atoms. The molecule has 18 heteroatoms. The molecule has 5 nitrogen and oxygen atoms in total. The maximum Gasteiger partial charge on any atom is 0.457 e. The Morgan fingerprint density at radius 3 is 1.77 bits per heavy atom. The molecule has 1 atom stereocenters. The fourth-order valence-corrected chi connectivity index (χ4v) is 4.29. The number of hydrogen-bond donors (Lipinski definition) is 2. The van der Waals surface area contributed by atoms with Gasteiger partial charge in [0.05, 0.1) is 22.9 Å². The summed E-state index contributed by atoms with van der Waals surface area (Å²) in [5, 5.41) is 13.0. The van der Waals surface area contributed by atoms with Gasteiger partial charge in [-0.3, -0.25) is 9.59 Å². The van der Waals surface area contributed by atoms with Crippen LogP contribution >= 0.6 is 15.9 Å². The van der Waals surface area contributed by atoms with Crippen LogP contribution < -0.4 is 10.6 Å². The number of nitrogens with zero attached hydrogens (tertiary/aromatic N) is 1. The largest absolute Gasteiger partial charge is 0.457 e. The summed E-state index contributed by atoms with van der Waals surface area (Å²) in [5.74, 6) is -9.44. The second kappa shape index (κ2) is 11.7. The second-order valence-corrected chi connectivity index (χ2v) is 9.64. The average Bonchev–Trinajstić information content (AvgIpc) is 2.91. The lowest BCUT2D eigenvalue weighted by Gasteiger charge is -2.36. The van der Waals surface area contributed by atoms with Crippen molar-refractivity contribution in [1.82, 2.24) is 0 Å². The standard InChI is InChI=1S/C26H12BrF12N3O2/c27-18-10-15(22(28,25(34,35)36)24(32,33)26(37,38)39)9-17(23(29,30)31)19(18)42-21(44)14-5-2-6-16(8-14)41-20(43)13-4-1-3-12(7-13)11-40/h1-10H,(H,41,43)(H,42,44). The zero-order valence-corrected chi connectivity index (χ0v) is 22.5. The van der Waals surface area contributed by atoms with E-state index in [2.05, 4.69) is 21.2 Å². The molecule has 0 bridgehead atoms. The highest BCUT2D eigenvalue weighted by Crippen LogP contribution is 2.59. The summed E-state index contributed by atoms with van der Waals surface area (Å²) in [7, 11) is 0. The van der Waals surface area contributed by atoms with Crippen molar-refractivity contribution in [3.63, 3.8) is 0 Å². The molecule has 0 saturated heterocycles. The second-order valence-electron chi connectivity index (χ2n) is 8.79. The predicted molar refractivity (Wildman–Crippen MR) is 132 cm³/mol. The van der Waals surface area contributed by atoms with Crippen LogP contribution in [0.2, 0.25) is 0 Å². The lowest BCUT2D eigenvalue weighted by atomic mass is 9.86. The molecule has 234 valence electrons. The lowest BCUT2D eigenvalue weighted by Crippen LogP contribution is -2.59. The predicted octanol–water partition coefficient (Wildman–Crippen LogP) is 8.77. The molecule has 0 heterocycles. The highest BCUT2D eigenvalue weighted by Gasteiger charge is 2.82. The van der Waals surface area contributed by atoms with Gasteiger partial charge in [-0.05, 0) is 64.5 Å². The molecular weight excluding hydrogens is 694 g/mol. The number of amides is 2. The van der Waals surface area contributed by atoms with Gasteiger partial charge < -0.3 is 10.6 Å². The van der Waals surface area contributed by atoms with Crippen LogP contribution in [-0.4, -0.2) is 30.1 Å². The van der Waals surface area contributed by atoms with E-state index in [1.165, 1.54) is 30.3 Å². The molecule has 0 aliphatic heterocycles. The molecule has 3 aromatic rings. The van der Waals surface area contributed by atoms with E-state index in [0.29, 0.717) is 0 Å². The minimum absolute atomic E-state index is 0.0108. The SMILES string of the molecule is N#Cc1cccc(C(=O)Nc2cccc(C(=O)Nc3c(Br)cc(C(F)(C(F)(F)F)C(F)(F)C(F)(F)F)cc3C(F)(F)F)c2)c1. The van der Waals surface area contributed by atoms with E-state index in [-0.39, 0.29) is 16.8 Å². The zero-order valence-electron chi connectivity index (χ0n) is 21.0. The number of anilines is 2. The molecule has 44 heavy (non-hydrogen) atoms. The first kappa shape index (κ1) is 34.2. The highest BCUT2D eigenvalue weighted by molar-refractivity contribution is 9.10. The van der Waals surface area contributed by atoms with Crippen LogP contribution in [0.3, 0.4) is 0 Å². The van der Waals surface area contributed by atoms with Crippen LogP contribution in [0.5, 0.6) is 0 Å². The normalized spacial score (nSPS) is 13.9. The van der Waals surface area contributed by atoms with Crippen molar-refractivity contribution < 1.29 is 62.3 Å². The third-order valence-corrected chi connectivity index (χ3v) is 6.47. The number of halogens is 13. The van der Waals surface area contributed by atoms with Crippen molar-refractivity contribution >= 4 is 39.1 Å². The Bertz CT molecular complexity index is 1640. The molecule has 1 unspecified atom stereocenters. The monoisotopic (exact) mass is 705 g/mol. The van der Waals surface area contributed by atoms with Crippen LogP contribution in [0, 0.1) is 11.3 Å². The molecule has 0 aromatic heterocycles. The van der Waals surface area contributed by atoms with Gasteiger partial charge >= 0.3 is 30.1 Å². The first-order valence-electron chi connectivity index (χ1n) is 11.4. The molecule has 0 aliphatic rings. The Morgan fingerprint density at radius 1 is 0.705 bits per heavy atom. The number of alkyl halides is 12. The van der Waals surface area contributed by atoms with Crippen molar-refractivity contribution in [1.29, 1.82) is 5.26 Å². The molecule has 2 amide bonds. The maximum absolute atomic E-state index is 14.9. The highest BCUT2D eigenvalue weighted by atomic mass is 79.9. The number of hydrogen-bond acceptors (Lipinski definition) is 3. The van der Waals surface area contributed by atoms with Crippen LogP contribution in [0.15, 0.2) is 65.1 Å². The zero-order chi connectivity index (χ0) is 33.5. The van der Waals surface area contributed by atoms with Crippen LogP contribution in [0.1, 0.15) is 37.4 Å². The third-order valence-electron chi connectivity index (χ3n) is 5.85. The molecule has 0 fully saturated rings. The topological polar surface area (TPSA) is 82.0 Å². The van der Waals surface area contributed by atoms with Gasteiger partial charge in [-0.2, -0.15) is 53.6 Å². The quantitative estimate of drug-likeness (QED) is 0.252. The summed E-state index contributed by atoms with van der Waals surface area (Å²) in [6.45, 7) is 0. The van der Waals surface area contributed by atoms with Crippen molar-refractivity contribution in [2.75, 3.05) is 10.6 Å². The minimum atomic E-state index is -7.24. The Balaban J connectivity index is 2.04. The molecule has 2 N–H and O–H groups in total. The van der Waals surface area contributed by atoms with E-state index in [9.17, 15) is 62.3 Å². The summed E-state index contributed by atoms with van der Waals surface area (Å²) < 4.78 is 162. The van der Waals surface area contributed by atoms with E-state index in [1.54, 1.807) is 11.4 Å². The van der Waals surface area contributed by atoms with Gasteiger partial charge in [0, 0.05) is 26.9 Å². The van der Waals surface area contributed by atoms with Gasteiger partial charge in [-0.15, -0.1) is 0 Å².